The molecule has 1 amide bonds. The second-order valence-corrected chi connectivity index (χ2v) is 9.10. The van der Waals surface area contributed by atoms with Crippen molar-refractivity contribution in [3.63, 3.8) is 0 Å². The molecule has 1 aliphatic heterocycles. The molecule has 1 heterocycles. The second-order valence-electron chi connectivity index (χ2n) is 9.10. The Labute approximate surface area is 192 Å². The van der Waals surface area contributed by atoms with Crippen molar-refractivity contribution in [1.29, 1.82) is 0 Å². The molecule has 5 heteroatoms. The van der Waals surface area contributed by atoms with Gasteiger partial charge in [-0.05, 0) is 87.2 Å². The van der Waals surface area contributed by atoms with Crippen LogP contribution in [0.2, 0.25) is 0 Å². The van der Waals surface area contributed by atoms with Crippen molar-refractivity contribution in [3.05, 3.63) is 54.1 Å². The first-order valence-electron chi connectivity index (χ1n) is 12.1. The minimum atomic E-state index is -0.462. The third-order valence-electron chi connectivity index (χ3n) is 6.98. The van der Waals surface area contributed by atoms with Crippen molar-refractivity contribution in [3.8, 4) is 11.5 Å². The minimum absolute atomic E-state index is 0.0790. The Balaban J connectivity index is 1.31. The lowest BCUT2D eigenvalue weighted by molar-refractivity contribution is -0.121. The van der Waals surface area contributed by atoms with Crippen LogP contribution in [0.1, 0.15) is 56.9 Å². The van der Waals surface area contributed by atoms with E-state index < -0.39 is 5.41 Å². The molecule has 32 heavy (non-hydrogen) atoms. The van der Waals surface area contributed by atoms with Crippen LogP contribution in [0.5, 0.6) is 11.5 Å². The van der Waals surface area contributed by atoms with E-state index in [-0.39, 0.29) is 5.91 Å². The number of nitrogens with zero attached hydrogens (tertiary/aromatic N) is 1. The third-order valence-corrected chi connectivity index (χ3v) is 6.98. The number of carbonyl (C=O) groups excluding carboxylic acids is 1. The van der Waals surface area contributed by atoms with E-state index in [1.807, 2.05) is 48.5 Å². The number of ether oxygens (including phenoxy) is 2. The van der Waals surface area contributed by atoms with Crippen molar-refractivity contribution in [2.75, 3.05) is 38.7 Å². The molecule has 1 saturated carbocycles. The van der Waals surface area contributed by atoms with Crippen molar-refractivity contribution < 1.29 is 14.3 Å². The molecule has 172 valence electrons. The zero-order chi connectivity index (χ0) is 22.2. The van der Waals surface area contributed by atoms with Crippen LogP contribution in [-0.2, 0) is 10.2 Å². The molecule has 0 atom stereocenters. The minimum Gasteiger partial charge on any atom is -0.497 e. The van der Waals surface area contributed by atoms with E-state index in [9.17, 15) is 4.79 Å². The second kappa shape index (κ2) is 10.9. The predicted molar refractivity (Wildman–Crippen MR) is 129 cm³/mol. The molecule has 1 N–H and O–H groups in total. The summed E-state index contributed by atoms with van der Waals surface area (Å²) in [5, 5.41) is 3.16. The van der Waals surface area contributed by atoms with Gasteiger partial charge >= 0.3 is 0 Å². The largest absolute Gasteiger partial charge is 0.497 e. The molecule has 2 aliphatic rings. The van der Waals surface area contributed by atoms with E-state index >= 15 is 0 Å². The average molecular weight is 437 g/mol. The number of methoxy groups -OCH3 is 1. The van der Waals surface area contributed by atoms with E-state index in [4.69, 9.17) is 9.47 Å². The van der Waals surface area contributed by atoms with Crippen LogP contribution in [0.15, 0.2) is 48.5 Å². The van der Waals surface area contributed by atoms with Crippen molar-refractivity contribution in [1.82, 2.24) is 4.90 Å². The Hall–Kier alpha value is -2.53. The van der Waals surface area contributed by atoms with Crippen LogP contribution in [0.3, 0.4) is 0 Å². The summed E-state index contributed by atoms with van der Waals surface area (Å²) < 4.78 is 11.2. The first kappa shape index (κ1) is 22.7. The molecule has 1 aliphatic carbocycles. The predicted octanol–water partition coefficient (Wildman–Crippen LogP) is 5.40. The van der Waals surface area contributed by atoms with Gasteiger partial charge in [-0.15, -0.1) is 0 Å². The standard InChI is InChI=1S/C27H36N2O3/c1-31-24-12-8-22(9-13-24)27(16-3-4-17-27)26(30)28-23-10-14-25(15-11-23)32-21-7-20-29-18-5-2-6-19-29/h8-15H,2-7,16-21H2,1H3,(H,28,30). The highest BCUT2D eigenvalue weighted by Crippen LogP contribution is 2.42. The van der Waals surface area contributed by atoms with Gasteiger partial charge in [-0.2, -0.15) is 0 Å². The van der Waals surface area contributed by atoms with Gasteiger partial charge in [-0.25, -0.2) is 0 Å². The number of nitrogens with one attached hydrogen (secondary N) is 1. The summed E-state index contributed by atoms with van der Waals surface area (Å²) in [4.78, 5) is 15.9. The van der Waals surface area contributed by atoms with Crippen LogP contribution in [0, 0.1) is 0 Å². The van der Waals surface area contributed by atoms with Gasteiger partial charge in [0.15, 0.2) is 0 Å². The van der Waals surface area contributed by atoms with Gasteiger partial charge in [0, 0.05) is 12.2 Å². The lowest BCUT2D eigenvalue weighted by atomic mass is 9.78. The molecule has 0 aromatic heterocycles. The molecular formula is C27H36N2O3. The van der Waals surface area contributed by atoms with Gasteiger partial charge in [0.05, 0.1) is 19.1 Å². The number of carbonyl (C=O) groups is 1. The van der Waals surface area contributed by atoms with Gasteiger partial charge in [0.25, 0.3) is 0 Å². The van der Waals surface area contributed by atoms with E-state index in [0.717, 1.165) is 68.0 Å². The molecule has 2 aromatic rings. The van der Waals surface area contributed by atoms with Crippen LogP contribution in [0.4, 0.5) is 5.69 Å². The highest BCUT2D eigenvalue weighted by molar-refractivity contribution is 5.99. The van der Waals surface area contributed by atoms with Crippen LogP contribution >= 0.6 is 0 Å². The quantitative estimate of drug-likeness (QED) is 0.535. The van der Waals surface area contributed by atoms with Gasteiger partial charge in [0.2, 0.25) is 5.91 Å². The molecular weight excluding hydrogens is 400 g/mol. The fraction of sp³-hybridized carbons (Fsp3) is 0.519. The van der Waals surface area contributed by atoms with E-state index in [1.54, 1.807) is 7.11 Å². The lowest BCUT2D eigenvalue weighted by Crippen LogP contribution is -2.37. The summed E-state index contributed by atoms with van der Waals surface area (Å²) in [5.41, 5.74) is 1.42. The maximum Gasteiger partial charge on any atom is 0.235 e. The van der Waals surface area contributed by atoms with Crippen molar-refractivity contribution in [2.45, 2.75) is 56.8 Å². The third kappa shape index (κ3) is 5.44. The number of anilines is 1. The molecule has 0 bridgehead atoms. The van der Waals surface area contributed by atoms with Crippen LogP contribution < -0.4 is 14.8 Å². The molecule has 0 unspecified atom stereocenters. The van der Waals surface area contributed by atoms with Gasteiger partial charge < -0.3 is 19.7 Å². The number of likely N-dealkylation sites (tertiary alicyclic amines) is 1. The summed E-state index contributed by atoms with van der Waals surface area (Å²) in [6.07, 6.45) is 8.97. The molecule has 2 fully saturated rings. The van der Waals surface area contributed by atoms with Gasteiger partial charge in [-0.1, -0.05) is 31.4 Å². The zero-order valence-corrected chi connectivity index (χ0v) is 19.3. The molecule has 5 nitrogen and oxygen atoms in total. The SMILES string of the molecule is COc1ccc(C2(C(=O)Nc3ccc(OCCCN4CCCCC4)cc3)CCCC2)cc1. The van der Waals surface area contributed by atoms with E-state index in [0.29, 0.717) is 0 Å². The van der Waals surface area contributed by atoms with E-state index in [1.165, 1.54) is 32.4 Å². The van der Waals surface area contributed by atoms with Gasteiger partial charge in [0.1, 0.15) is 11.5 Å². The fourth-order valence-electron chi connectivity index (χ4n) is 5.08. The fourth-order valence-corrected chi connectivity index (χ4v) is 5.08. The van der Waals surface area contributed by atoms with Crippen LogP contribution in [-0.4, -0.2) is 44.2 Å². The molecule has 0 radical (unpaired) electrons. The van der Waals surface area contributed by atoms with E-state index in [2.05, 4.69) is 10.2 Å². The monoisotopic (exact) mass is 436 g/mol. The molecule has 0 spiro atoms. The van der Waals surface area contributed by atoms with Crippen molar-refractivity contribution in [2.24, 2.45) is 0 Å². The molecule has 1 saturated heterocycles. The Morgan fingerprint density at radius 1 is 0.906 bits per heavy atom. The Morgan fingerprint density at radius 3 is 2.22 bits per heavy atom. The summed E-state index contributed by atoms with van der Waals surface area (Å²) >= 11 is 0. The lowest BCUT2D eigenvalue weighted by Gasteiger charge is -2.28. The first-order chi connectivity index (χ1) is 15.7. The highest BCUT2D eigenvalue weighted by atomic mass is 16.5. The summed E-state index contributed by atoms with van der Waals surface area (Å²) in [6, 6.07) is 15.7. The summed E-state index contributed by atoms with van der Waals surface area (Å²) in [5.74, 6) is 1.75. The number of rotatable bonds is 9. The maximum absolute atomic E-state index is 13.4. The number of amides is 1. The Bertz CT molecular complexity index is 851. The topological polar surface area (TPSA) is 50.8 Å². The summed E-state index contributed by atoms with van der Waals surface area (Å²) in [6.45, 7) is 4.29. The number of benzene rings is 2. The molecule has 2 aromatic carbocycles. The number of hydrogen-bond donors (Lipinski definition) is 1. The average Bonchev–Trinajstić information content (AvgIpc) is 3.35. The smallest absolute Gasteiger partial charge is 0.235 e. The van der Waals surface area contributed by atoms with Crippen molar-refractivity contribution >= 4 is 11.6 Å². The Morgan fingerprint density at radius 2 is 1.56 bits per heavy atom. The number of hydrogen-bond acceptors (Lipinski definition) is 4. The van der Waals surface area contributed by atoms with Gasteiger partial charge in [-0.3, -0.25) is 4.79 Å². The zero-order valence-electron chi connectivity index (χ0n) is 19.3. The number of piperidine rings is 1. The Kier molecular flexibility index (Phi) is 7.69. The first-order valence-corrected chi connectivity index (χ1v) is 12.1. The maximum atomic E-state index is 13.4. The normalized spacial score (nSPS) is 18.3. The summed E-state index contributed by atoms with van der Waals surface area (Å²) in [7, 11) is 1.66. The molecule has 4 rings (SSSR count). The van der Waals surface area contributed by atoms with Crippen LogP contribution in [0.25, 0.3) is 0 Å². The highest BCUT2D eigenvalue weighted by Gasteiger charge is 2.42.